The molecule has 136 valence electrons. The van der Waals surface area contributed by atoms with Gasteiger partial charge < -0.3 is 0 Å². The van der Waals surface area contributed by atoms with E-state index in [1.165, 1.54) is 17.7 Å². The molecule has 1 N–H and O–H groups in total. The zero-order valence-electron chi connectivity index (χ0n) is 15.3. The Hall–Kier alpha value is -3.46. The molecule has 1 atom stereocenters. The smallest absolute Gasteiger partial charge is 0.123 e. The van der Waals surface area contributed by atoms with E-state index in [0.29, 0.717) is 0 Å². The van der Waals surface area contributed by atoms with Gasteiger partial charge in [-0.25, -0.2) is 4.39 Å². The van der Waals surface area contributed by atoms with Crippen LogP contribution in [-0.4, -0.2) is 10.2 Å². The van der Waals surface area contributed by atoms with Gasteiger partial charge in [-0.2, -0.15) is 5.10 Å². The van der Waals surface area contributed by atoms with Gasteiger partial charge in [0.25, 0.3) is 0 Å². The molecule has 0 radical (unpaired) electrons. The summed E-state index contributed by atoms with van der Waals surface area (Å²) in [4.78, 5) is 0. The minimum absolute atomic E-state index is 0.222. The first kappa shape index (κ1) is 16.7. The van der Waals surface area contributed by atoms with E-state index in [1.807, 2.05) is 48.5 Å². The summed E-state index contributed by atoms with van der Waals surface area (Å²) in [5, 5.41) is 7.85. The summed E-state index contributed by atoms with van der Waals surface area (Å²) < 4.78 is 13.6. The molecule has 0 aliphatic heterocycles. The first-order valence-corrected chi connectivity index (χ1v) is 9.40. The van der Waals surface area contributed by atoms with E-state index in [1.54, 1.807) is 0 Å². The molecule has 1 unspecified atom stereocenters. The molecule has 1 heterocycles. The van der Waals surface area contributed by atoms with Crippen molar-refractivity contribution in [2.45, 2.75) is 11.8 Å². The van der Waals surface area contributed by atoms with Crippen LogP contribution in [0.4, 0.5) is 4.39 Å². The monoisotopic (exact) mass is 366 g/mol. The Morgan fingerprint density at radius 1 is 0.786 bits per heavy atom. The van der Waals surface area contributed by atoms with Crippen LogP contribution in [0.1, 0.15) is 22.4 Å². The van der Waals surface area contributed by atoms with E-state index >= 15 is 0 Å². The summed E-state index contributed by atoms with van der Waals surface area (Å²) in [5.41, 5.74) is 6.17. The van der Waals surface area contributed by atoms with Crippen molar-refractivity contribution >= 4 is 6.08 Å². The van der Waals surface area contributed by atoms with Crippen LogP contribution in [0, 0.1) is 5.82 Å². The summed E-state index contributed by atoms with van der Waals surface area (Å²) in [6.07, 6.45) is 5.13. The molecule has 28 heavy (non-hydrogen) atoms. The van der Waals surface area contributed by atoms with Gasteiger partial charge in [0, 0.05) is 28.7 Å². The third kappa shape index (κ3) is 2.67. The van der Waals surface area contributed by atoms with Crippen LogP contribution in [0.5, 0.6) is 0 Å². The second-order valence-corrected chi connectivity index (χ2v) is 7.18. The Balaban J connectivity index is 1.65. The fourth-order valence-electron chi connectivity index (χ4n) is 4.13. The third-order valence-electron chi connectivity index (χ3n) is 5.57. The zero-order chi connectivity index (χ0) is 19.0. The van der Waals surface area contributed by atoms with Gasteiger partial charge in [-0.1, -0.05) is 84.9 Å². The lowest BCUT2D eigenvalue weighted by atomic mass is 9.68. The molecular weight excluding hydrogens is 347 g/mol. The molecule has 0 saturated heterocycles. The highest BCUT2D eigenvalue weighted by Crippen LogP contribution is 2.42. The van der Waals surface area contributed by atoms with Crippen molar-refractivity contribution < 1.29 is 4.39 Å². The Morgan fingerprint density at radius 2 is 1.43 bits per heavy atom. The molecule has 4 aromatic rings. The average Bonchev–Trinajstić information content (AvgIpc) is 3.18. The molecule has 3 heteroatoms. The van der Waals surface area contributed by atoms with E-state index in [0.717, 1.165) is 34.5 Å². The molecule has 1 aromatic heterocycles. The third-order valence-corrected chi connectivity index (χ3v) is 5.57. The van der Waals surface area contributed by atoms with Crippen LogP contribution in [0.15, 0.2) is 91.0 Å². The second-order valence-electron chi connectivity index (χ2n) is 7.18. The number of benzene rings is 3. The van der Waals surface area contributed by atoms with E-state index in [4.69, 9.17) is 0 Å². The maximum atomic E-state index is 13.6. The van der Waals surface area contributed by atoms with Crippen LogP contribution < -0.4 is 0 Å². The average molecular weight is 366 g/mol. The Morgan fingerprint density at radius 3 is 2.14 bits per heavy atom. The predicted molar refractivity (Wildman–Crippen MR) is 110 cm³/mol. The summed E-state index contributed by atoms with van der Waals surface area (Å²) in [7, 11) is 0. The lowest BCUT2D eigenvalue weighted by Crippen LogP contribution is -2.30. The number of allylic oxidation sites excluding steroid dienone is 1. The van der Waals surface area contributed by atoms with Crippen LogP contribution in [-0.2, 0) is 11.8 Å². The van der Waals surface area contributed by atoms with Crippen molar-refractivity contribution in [1.29, 1.82) is 0 Å². The number of fused-ring (bicyclic) bond motifs is 1. The number of aromatic nitrogens is 2. The molecule has 0 fully saturated rings. The van der Waals surface area contributed by atoms with Crippen LogP contribution in [0.2, 0.25) is 0 Å². The molecule has 1 aliphatic rings. The van der Waals surface area contributed by atoms with E-state index < -0.39 is 0 Å². The lowest BCUT2D eigenvalue weighted by molar-refractivity contribution is 0.606. The predicted octanol–water partition coefficient (Wildman–Crippen LogP) is 5.77. The number of hydrogen-bond donors (Lipinski definition) is 1. The lowest BCUT2D eigenvalue weighted by Gasteiger charge is -2.34. The SMILES string of the molecule is Fc1ccc(C2(c3ccccc3)C=Cc3c(-c4ccccc4)n[nH]c3C2)cc1. The maximum Gasteiger partial charge on any atom is 0.123 e. The highest BCUT2D eigenvalue weighted by atomic mass is 19.1. The number of nitrogens with one attached hydrogen (secondary N) is 1. The second kappa shape index (κ2) is 6.61. The van der Waals surface area contributed by atoms with E-state index in [9.17, 15) is 4.39 Å². The van der Waals surface area contributed by atoms with E-state index in [-0.39, 0.29) is 11.2 Å². The quantitative estimate of drug-likeness (QED) is 0.490. The van der Waals surface area contributed by atoms with Gasteiger partial charge in [0.05, 0.1) is 5.69 Å². The molecule has 0 spiro atoms. The molecule has 0 saturated carbocycles. The number of hydrogen-bond acceptors (Lipinski definition) is 1. The van der Waals surface area contributed by atoms with Gasteiger partial charge >= 0.3 is 0 Å². The van der Waals surface area contributed by atoms with Crippen molar-refractivity contribution in [1.82, 2.24) is 10.2 Å². The summed E-state index contributed by atoms with van der Waals surface area (Å²) in [6, 6.07) is 27.4. The van der Waals surface area contributed by atoms with Gasteiger partial charge in [0.15, 0.2) is 0 Å². The van der Waals surface area contributed by atoms with Crippen LogP contribution in [0.25, 0.3) is 17.3 Å². The number of H-pyrrole nitrogens is 1. The number of aromatic amines is 1. The number of halogens is 1. The summed E-state index contributed by atoms with van der Waals surface area (Å²) >= 11 is 0. The number of rotatable bonds is 3. The topological polar surface area (TPSA) is 28.7 Å². The molecule has 0 amide bonds. The highest BCUT2D eigenvalue weighted by molar-refractivity contribution is 5.76. The van der Waals surface area contributed by atoms with Gasteiger partial charge in [0.1, 0.15) is 5.82 Å². The van der Waals surface area contributed by atoms with Crippen LogP contribution in [0.3, 0.4) is 0 Å². The van der Waals surface area contributed by atoms with Gasteiger partial charge in [-0.3, -0.25) is 5.10 Å². The Labute approximate surface area is 163 Å². The number of nitrogens with zero attached hydrogens (tertiary/aromatic N) is 1. The van der Waals surface area contributed by atoms with Gasteiger partial charge in [-0.15, -0.1) is 0 Å². The fourth-order valence-corrected chi connectivity index (χ4v) is 4.13. The van der Waals surface area contributed by atoms with Crippen molar-refractivity contribution in [2.75, 3.05) is 0 Å². The van der Waals surface area contributed by atoms with Crippen molar-refractivity contribution in [3.8, 4) is 11.3 Å². The maximum absolute atomic E-state index is 13.6. The van der Waals surface area contributed by atoms with Crippen molar-refractivity contribution in [2.24, 2.45) is 0 Å². The first-order chi connectivity index (χ1) is 13.8. The molecule has 0 bridgehead atoms. The Kier molecular flexibility index (Phi) is 3.94. The summed E-state index contributed by atoms with van der Waals surface area (Å²) in [5.74, 6) is -0.222. The molecule has 1 aliphatic carbocycles. The molecular formula is C25H19FN2. The molecule has 2 nitrogen and oxygen atoms in total. The normalized spacial score (nSPS) is 18.0. The highest BCUT2D eigenvalue weighted by Gasteiger charge is 2.36. The van der Waals surface area contributed by atoms with E-state index in [2.05, 4.69) is 46.6 Å². The minimum atomic E-state index is -0.359. The molecule has 5 rings (SSSR count). The fraction of sp³-hybridized carbons (Fsp3) is 0.0800. The summed E-state index contributed by atoms with van der Waals surface area (Å²) in [6.45, 7) is 0. The Bertz CT molecular complexity index is 1130. The van der Waals surface area contributed by atoms with Gasteiger partial charge in [0.2, 0.25) is 0 Å². The zero-order valence-corrected chi connectivity index (χ0v) is 15.3. The van der Waals surface area contributed by atoms with Crippen LogP contribution >= 0.6 is 0 Å². The standard InChI is InChI=1S/C25H19FN2/c26-21-13-11-20(12-14-21)25(19-9-5-2-6-10-19)16-15-22-23(17-25)27-28-24(22)18-7-3-1-4-8-18/h1-16H,17H2,(H,27,28). The minimum Gasteiger partial charge on any atom is -0.281 e. The first-order valence-electron chi connectivity index (χ1n) is 9.40. The van der Waals surface area contributed by atoms with Crippen molar-refractivity contribution in [3.63, 3.8) is 0 Å². The largest absolute Gasteiger partial charge is 0.281 e. The molecule has 3 aromatic carbocycles. The van der Waals surface area contributed by atoms with Crippen molar-refractivity contribution in [3.05, 3.63) is 119 Å². The van der Waals surface area contributed by atoms with Gasteiger partial charge in [-0.05, 0) is 23.3 Å².